The summed E-state index contributed by atoms with van der Waals surface area (Å²) in [5.74, 6) is 0. The van der Waals surface area contributed by atoms with Crippen molar-refractivity contribution in [1.82, 2.24) is 10.2 Å². The first-order valence-electron chi connectivity index (χ1n) is 7.63. The average molecular weight is 253 g/mol. The van der Waals surface area contributed by atoms with Crippen molar-refractivity contribution in [3.63, 3.8) is 0 Å². The zero-order valence-corrected chi connectivity index (χ0v) is 11.4. The summed E-state index contributed by atoms with van der Waals surface area (Å²) in [6.45, 7) is 5.05. The predicted octanol–water partition coefficient (Wildman–Crippen LogP) is 0.711. The molecule has 104 valence electrons. The van der Waals surface area contributed by atoms with Crippen LogP contribution in [-0.4, -0.2) is 55.4 Å². The Morgan fingerprint density at radius 1 is 1.33 bits per heavy atom. The summed E-state index contributed by atoms with van der Waals surface area (Å²) >= 11 is 0. The van der Waals surface area contributed by atoms with E-state index in [9.17, 15) is 0 Å². The third-order valence-corrected chi connectivity index (χ3v) is 5.12. The summed E-state index contributed by atoms with van der Waals surface area (Å²) in [4.78, 5) is 2.67. The molecular weight excluding hydrogens is 226 g/mol. The van der Waals surface area contributed by atoms with Gasteiger partial charge in [-0.1, -0.05) is 12.8 Å². The zero-order chi connectivity index (χ0) is 12.4. The van der Waals surface area contributed by atoms with Gasteiger partial charge in [-0.05, 0) is 25.7 Å². The average Bonchev–Trinajstić information content (AvgIpc) is 2.86. The van der Waals surface area contributed by atoms with Crippen molar-refractivity contribution in [2.24, 2.45) is 5.73 Å². The molecule has 2 atom stereocenters. The van der Waals surface area contributed by atoms with Crippen LogP contribution in [0.15, 0.2) is 0 Å². The molecule has 1 aliphatic carbocycles. The molecule has 0 aromatic rings. The molecule has 3 fully saturated rings. The van der Waals surface area contributed by atoms with E-state index in [1.165, 1.54) is 38.5 Å². The fraction of sp³-hybridized carbons (Fsp3) is 1.00. The van der Waals surface area contributed by atoms with Crippen molar-refractivity contribution in [1.29, 1.82) is 0 Å². The fourth-order valence-electron chi connectivity index (χ4n) is 4.13. The zero-order valence-electron chi connectivity index (χ0n) is 11.4. The van der Waals surface area contributed by atoms with Crippen LogP contribution in [0.25, 0.3) is 0 Å². The van der Waals surface area contributed by atoms with Crippen molar-refractivity contribution in [3.8, 4) is 0 Å². The van der Waals surface area contributed by atoms with Crippen LogP contribution in [0.3, 0.4) is 0 Å². The van der Waals surface area contributed by atoms with Crippen LogP contribution in [0.2, 0.25) is 0 Å². The highest BCUT2D eigenvalue weighted by atomic mass is 16.5. The van der Waals surface area contributed by atoms with E-state index in [-0.39, 0.29) is 5.60 Å². The van der Waals surface area contributed by atoms with Gasteiger partial charge in [0.25, 0.3) is 0 Å². The Morgan fingerprint density at radius 2 is 2.17 bits per heavy atom. The van der Waals surface area contributed by atoms with Crippen molar-refractivity contribution in [2.75, 3.05) is 32.8 Å². The molecule has 3 aliphatic rings. The minimum absolute atomic E-state index is 0.229. The smallest absolute Gasteiger partial charge is 0.0697 e. The quantitative estimate of drug-likeness (QED) is 0.761. The first-order chi connectivity index (χ1) is 8.83. The minimum Gasteiger partial charge on any atom is -0.375 e. The van der Waals surface area contributed by atoms with Gasteiger partial charge >= 0.3 is 0 Å². The summed E-state index contributed by atoms with van der Waals surface area (Å²) < 4.78 is 6.14. The lowest BCUT2D eigenvalue weighted by atomic mass is 9.87. The summed E-state index contributed by atoms with van der Waals surface area (Å²) in [5.41, 5.74) is 6.16. The summed E-state index contributed by atoms with van der Waals surface area (Å²) in [6.07, 6.45) is 7.71. The Balaban J connectivity index is 1.67. The Hall–Kier alpha value is -0.160. The second-order valence-corrected chi connectivity index (χ2v) is 6.22. The number of nitrogens with zero attached hydrogens (tertiary/aromatic N) is 1. The number of nitrogens with two attached hydrogens (primary N) is 1. The second kappa shape index (κ2) is 5.45. The van der Waals surface area contributed by atoms with Crippen molar-refractivity contribution < 1.29 is 4.74 Å². The molecule has 1 saturated carbocycles. The number of rotatable bonds is 2. The lowest BCUT2D eigenvalue weighted by Gasteiger charge is -2.47. The molecule has 0 aromatic heterocycles. The van der Waals surface area contributed by atoms with Crippen molar-refractivity contribution in [2.45, 2.75) is 56.2 Å². The molecule has 2 saturated heterocycles. The molecule has 3 N–H and O–H groups in total. The second-order valence-electron chi connectivity index (χ2n) is 6.22. The predicted molar refractivity (Wildman–Crippen MR) is 72.6 cm³/mol. The van der Waals surface area contributed by atoms with Gasteiger partial charge in [0, 0.05) is 44.9 Å². The first kappa shape index (κ1) is 12.9. The lowest BCUT2D eigenvalue weighted by molar-refractivity contribution is -0.108. The first-order valence-corrected chi connectivity index (χ1v) is 7.63. The molecule has 4 heteroatoms. The molecule has 4 nitrogen and oxygen atoms in total. The summed E-state index contributed by atoms with van der Waals surface area (Å²) in [5, 5.41) is 3.46. The largest absolute Gasteiger partial charge is 0.375 e. The number of nitrogens with one attached hydrogen (secondary N) is 1. The molecule has 0 amide bonds. The van der Waals surface area contributed by atoms with Crippen LogP contribution in [0, 0.1) is 0 Å². The van der Waals surface area contributed by atoms with E-state index in [1.807, 2.05) is 0 Å². The highest BCUT2D eigenvalue weighted by Crippen LogP contribution is 2.41. The maximum absolute atomic E-state index is 6.14. The van der Waals surface area contributed by atoms with Gasteiger partial charge in [0.05, 0.1) is 5.60 Å². The minimum atomic E-state index is 0.229. The Bertz CT molecular complexity index is 278. The Labute approximate surface area is 110 Å². The number of piperazine rings is 1. The van der Waals surface area contributed by atoms with Gasteiger partial charge in [-0.25, -0.2) is 0 Å². The monoisotopic (exact) mass is 253 g/mol. The molecule has 2 aliphatic heterocycles. The van der Waals surface area contributed by atoms with Crippen LogP contribution in [0.4, 0.5) is 0 Å². The van der Waals surface area contributed by atoms with Gasteiger partial charge in [0.15, 0.2) is 0 Å². The van der Waals surface area contributed by atoms with E-state index in [1.54, 1.807) is 0 Å². The normalized spacial score (nSPS) is 37.2. The van der Waals surface area contributed by atoms with Gasteiger partial charge in [-0.15, -0.1) is 0 Å². The molecule has 2 heterocycles. The molecule has 3 rings (SSSR count). The van der Waals surface area contributed by atoms with Crippen molar-refractivity contribution >= 4 is 0 Å². The summed E-state index contributed by atoms with van der Waals surface area (Å²) in [6, 6.07) is 1.23. The van der Waals surface area contributed by atoms with Crippen LogP contribution in [0.5, 0.6) is 0 Å². The third kappa shape index (κ3) is 2.44. The van der Waals surface area contributed by atoms with Crippen LogP contribution in [0.1, 0.15) is 38.5 Å². The Kier molecular flexibility index (Phi) is 3.89. The third-order valence-electron chi connectivity index (χ3n) is 5.12. The number of hydrogen-bond acceptors (Lipinski definition) is 4. The van der Waals surface area contributed by atoms with E-state index in [4.69, 9.17) is 10.5 Å². The van der Waals surface area contributed by atoms with E-state index >= 15 is 0 Å². The van der Waals surface area contributed by atoms with Gasteiger partial charge in [0.2, 0.25) is 0 Å². The number of hydrogen-bond donors (Lipinski definition) is 2. The summed E-state index contributed by atoms with van der Waals surface area (Å²) in [7, 11) is 0. The fourth-order valence-corrected chi connectivity index (χ4v) is 4.13. The van der Waals surface area contributed by atoms with Crippen molar-refractivity contribution in [3.05, 3.63) is 0 Å². The molecular formula is C14H27N3O. The lowest BCUT2D eigenvalue weighted by Crippen LogP contribution is -2.60. The maximum atomic E-state index is 6.14. The molecule has 1 spiro atoms. The van der Waals surface area contributed by atoms with Gasteiger partial charge in [-0.3, -0.25) is 4.90 Å². The van der Waals surface area contributed by atoms with Crippen LogP contribution in [-0.2, 0) is 4.74 Å². The molecule has 0 radical (unpaired) electrons. The maximum Gasteiger partial charge on any atom is 0.0697 e. The molecule has 0 bridgehead atoms. The number of ether oxygens (including phenoxy) is 1. The van der Waals surface area contributed by atoms with Gasteiger partial charge in [-0.2, -0.15) is 0 Å². The highest BCUT2D eigenvalue weighted by Gasteiger charge is 2.42. The van der Waals surface area contributed by atoms with E-state index in [0.29, 0.717) is 12.1 Å². The standard InChI is InChI=1S/C14H27N3O/c15-10-13-11-16-6-7-17(13)12-3-8-18-14(9-12)4-1-2-5-14/h12-13,16H,1-11,15H2. The van der Waals surface area contributed by atoms with Gasteiger partial charge < -0.3 is 15.8 Å². The molecule has 2 unspecified atom stereocenters. The van der Waals surface area contributed by atoms with Crippen LogP contribution < -0.4 is 11.1 Å². The topological polar surface area (TPSA) is 50.5 Å². The Morgan fingerprint density at radius 3 is 2.94 bits per heavy atom. The van der Waals surface area contributed by atoms with E-state index < -0.39 is 0 Å². The van der Waals surface area contributed by atoms with Crippen LogP contribution >= 0.6 is 0 Å². The highest BCUT2D eigenvalue weighted by molar-refractivity contribution is 4.96. The molecule has 18 heavy (non-hydrogen) atoms. The van der Waals surface area contributed by atoms with Gasteiger partial charge in [0.1, 0.15) is 0 Å². The van der Waals surface area contributed by atoms with E-state index in [0.717, 1.165) is 32.8 Å². The van der Waals surface area contributed by atoms with E-state index in [2.05, 4.69) is 10.2 Å². The SMILES string of the molecule is NCC1CNCCN1C1CCOC2(CCCC2)C1. The molecule has 0 aromatic carbocycles.